The zero-order chi connectivity index (χ0) is 9.84. The summed E-state index contributed by atoms with van der Waals surface area (Å²) in [6, 6.07) is 5.63. The van der Waals surface area contributed by atoms with Gasteiger partial charge >= 0.3 is 0 Å². The fourth-order valence-corrected chi connectivity index (χ4v) is 1.08. The van der Waals surface area contributed by atoms with Crippen LogP contribution in [0.15, 0.2) is 29.3 Å². The van der Waals surface area contributed by atoms with Crippen LogP contribution >= 0.6 is 15.9 Å². The van der Waals surface area contributed by atoms with Crippen molar-refractivity contribution in [2.75, 3.05) is 0 Å². The van der Waals surface area contributed by atoms with Gasteiger partial charge in [0, 0.05) is 22.7 Å². The van der Waals surface area contributed by atoms with Crippen LogP contribution in [0.4, 0.5) is 5.69 Å². The molecule has 0 amide bonds. The topological polar surface area (TPSA) is 63.4 Å². The lowest BCUT2D eigenvalue weighted by atomic mass is 10.2. The Hall–Kier alpha value is -1.36. The van der Waals surface area contributed by atoms with Crippen LogP contribution in [0.2, 0.25) is 0 Å². The third-order valence-electron chi connectivity index (χ3n) is 1.48. The molecule has 1 rings (SSSR count). The van der Waals surface area contributed by atoms with Gasteiger partial charge < -0.3 is 5.11 Å². The van der Waals surface area contributed by atoms with Crippen LogP contribution in [0.1, 0.15) is 5.56 Å². The molecule has 5 heteroatoms. The Morgan fingerprint density at radius 2 is 2.00 bits per heavy atom. The average Bonchev–Trinajstić information content (AvgIpc) is 2.17. The Labute approximate surface area is 82.8 Å². The molecule has 0 unspecified atom stereocenters. The van der Waals surface area contributed by atoms with Crippen molar-refractivity contribution in [2.45, 2.75) is 0 Å². The van der Waals surface area contributed by atoms with Crippen LogP contribution < -0.4 is 0 Å². The first-order valence-electron chi connectivity index (χ1n) is 3.39. The van der Waals surface area contributed by atoms with Crippen LogP contribution in [0.25, 0.3) is 5.76 Å². The molecule has 1 aromatic carbocycles. The number of nitro groups is 1. The van der Waals surface area contributed by atoms with Crippen LogP contribution in [0.5, 0.6) is 0 Å². The van der Waals surface area contributed by atoms with Crippen LogP contribution in [0.3, 0.4) is 0 Å². The molecule has 0 fully saturated rings. The molecule has 68 valence electrons. The number of rotatable bonds is 2. The zero-order valence-corrected chi connectivity index (χ0v) is 8.06. The summed E-state index contributed by atoms with van der Waals surface area (Å²) in [6.07, 6.45) is 0. The first-order chi connectivity index (χ1) is 6.15. The van der Waals surface area contributed by atoms with Gasteiger partial charge in [0.2, 0.25) is 0 Å². The van der Waals surface area contributed by atoms with E-state index in [9.17, 15) is 15.2 Å². The predicted molar refractivity (Wildman–Crippen MR) is 52.6 cm³/mol. The summed E-state index contributed by atoms with van der Waals surface area (Å²) in [7, 11) is 0. The van der Waals surface area contributed by atoms with Gasteiger partial charge in [0.25, 0.3) is 5.69 Å². The maximum absolute atomic E-state index is 10.3. The zero-order valence-electron chi connectivity index (χ0n) is 6.48. The van der Waals surface area contributed by atoms with E-state index in [4.69, 9.17) is 0 Å². The smallest absolute Gasteiger partial charge is 0.269 e. The molecule has 0 saturated carbocycles. The Kier molecular flexibility index (Phi) is 3.02. The van der Waals surface area contributed by atoms with Crippen LogP contribution in [0, 0.1) is 10.1 Å². The first kappa shape index (κ1) is 9.73. The van der Waals surface area contributed by atoms with E-state index in [2.05, 4.69) is 15.9 Å². The summed E-state index contributed by atoms with van der Waals surface area (Å²) in [5.74, 6) is 0.0369. The van der Waals surface area contributed by atoms with E-state index >= 15 is 0 Å². The second-order valence-electron chi connectivity index (χ2n) is 2.30. The SMILES string of the molecule is O=[N+]([O-])c1ccc(C(O)=CBr)cc1. The molecule has 0 aliphatic carbocycles. The molecular formula is C8H6BrNO3. The Morgan fingerprint density at radius 1 is 1.46 bits per heavy atom. The third kappa shape index (κ3) is 2.29. The lowest BCUT2D eigenvalue weighted by Crippen LogP contribution is -1.88. The normalized spacial score (nSPS) is 11.3. The number of halogens is 1. The van der Waals surface area contributed by atoms with Crippen molar-refractivity contribution in [3.8, 4) is 0 Å². The number of aliphatic hydroxyl groups excluding tert-OH is 1. The van der Waals surface area contributed by atoms with Crippen LogP contribution in [-0.4, -0.2) is 10.0 Å². The average molecular weight is 244 g/mol. The lowest BCUT2D eigenvalue weighted by Gasteiger charge is -1.97. The molecule has 0 bridgehead atoms. The second-order valence-corrected chi connectivity index (χ2v) is 2.76. The first-order valence-corrected chi connectivity index (χ1v) is 4.31. The quantitative estimate of drug-likeness (QED) is 0.494. The Balaban J connectivity index is 3.00. The molecule has 0 aliphatic heterocycles. The molecule has 13 heavy (non-hydrogen) atoms. The van der Waals surface area contributed by atoms with Crippen molar-refractivity contribution in [1.82, 2.24) is 0 Å². The monoisotopic (exact) mass is 243 g/mol. The number of nitro benzene ring substituents is 1. The number of non-ortho nitro benzene ring substituents is 1. The van der Waals surface area contributed by atoms with Gasteiger partial charge in [-0.05, 0) is 12.1 Å². The number of hydrogen-bond acceptors (Lipinski definition) is 3. The van der Waals surface area contributed by atoms with Crippen molar-refractivity contribution in [3.05, 3.63) is 44.9 Å². The maximum Gasteiger partial charge on any atom is 0.269 e. The minimum Gasteiger partial charge on any atom is -0.507 e. The third-order valence-corrected chi connectivity index (χ3v) is 1.91. The van der Waals surface area contributed by atoms with Crippen molar-refractivity contribution in [3.63, 3.8) is 0 Å². The summed E-state index contributed by atoms with van der Waals surface area (Å²) in [5, 5.41) is 19.5. The fraction of sp³-hybridized carbons (Fsp3) is 0. The maximum atomic E-state index is 10.3. The van der Waals surface area contributed by atoms with E-state index in [0.717, 1.165) is 0 Å². The molecule has 0 aliphatic rings. The molecule has 0 atom stereocenters. The van der Waals surface area contributed by atoms with Crippen molar-refractivity contribution in [2.24, 2.45) is 0 Å². The lowest BCUT2D eigenvalue weighted by molar-refractivity contribution is -0.384. The highest BCUT2D eigenvalue weighted by molar-refractivity contribution is 9.11. The van der Waals surface area contributed by atoms with Gasteiger partial charge in [0.1, 0.15) is 5.76 Å². The minimum absolute atomic E-state index is 0.00567. The van der Waals surface area contributed by atoms with Gasteiger partial charge in [-0.1, -0.05) is 15.9 Å². The van der Waals surface area contributed by atoms with E-state index in [1.54, 1.807) is 0 Å². The van der Waals surface area contributed by atoms with Crippen molar-refractivity contribution < 1.29 is 10.0 Å². The van der Waals surface area contributed by atoms with Gasteiger partial charge in [-0.3, -0.25) is 10.1 Å². The molecule has 4 nitrogen and oxygen atoms in total. The highest BCUT2D eigenvalue weighted by Crippen LogP contribution is 2.17. The molecule has 1 aromatic rings. The number of hydrogen-bond donors (Lipinski definition) is 1. The van der Waals surface area contributed by atoms with E-state index in [-0.39, 0.29) is 11.4 Å². The highest BCUT2D eigenvalue weighted by atomic mass is 79.9. The van der Waals surface area contributed by atoms with Gasteiger partial charge in [0.05, 0.1) is 4.92 Å². The van der Waals surface area contributed by atoms with E-state index < -0.39 is 4.92 Å². The van der Waals surface area contributed by atoms with Gasteiger partial charge in [0.15, 0.2) is 0 Å². The highest BCUT2D eigenvalue weighted by Gasteiger charge is 2.04. The minimum atomic E-state index is -0.487. The summed E-state index contributed by atoms with van der Waals surface area (Å²) >= 11 is 2.95. The van der Waals surface area contributed by atoms with Gasteiger partial charge in [-0.15, -0.1) is 0 Å². The van der Waals surface area contributed by atoms with E-state index in [1.807, 2.05) is 0 Å². The van der Waals surface area contributed by atoms with Crippen molar-refractivity contribution >= 4 is 27.4 Å². The Bertz CT molecular complexity index is 345. The van der Waals surface area contributed by atoms with E-state index in [1.165, 1.54) is 29.3 Å². The summed E-state index contributed by atoms with van der Waals surface area (Å²) in [5.41, 5.74) is 0.536. The summed E-state index contributed by atoms with van der Waals surface area (Å²) in [4.78, 5) is 11.1. The molecule has 0 heterocycles. The van der Waals surface area contributed by atoms with Crippen molar-refractivity contribution in [1.29, 1.82) is 0 Å². The van der Waals surface area contributed by atoms with Gasteiger partial charge in [-0.25, -0.2) is 0 Å². The molecule has 0 saturated heterocycles. The molecule has 0 radical (unpaired) electrons. The number of aliphatic hydroxyl groups is 1. The summed E-state index contributed by atoms with van der Waals surface area (Å²) < 4.78 is 0. The number of benzene rings is 1. The number of nitrogens with zero attached hydrogens (tertiary/aromatic N) is 1. The molecule has 0 spiro atoms. The van der Waals surface area contributed by atoms with E-state index in [0.29, 0.717) is 5.56 Å². The molecule has 0 aromatic heterocycles. The molecular weight excluding hydrogens is 238 g/mol. The largest absolute Gasteiger partial charge is 0.507 e. The Morgan fingerprint density at radius 3 is 2.38 bits per heavy atom. The summed E-state index contributed by atoms with van der Waals surface area (Å²) in [6.45, 7) is 0. The van der Waals surface area contributed by atoms with Crippen LogP contribution in [-0.2, 0) is 0 Å². The van der Waals surface area contributed by atoms with Gasteiger partial charge in [-0.2, -0.15) is 0 Å². The standard InChI is InChI=1S/C8H6BrNO3/c9-5-8(11)6-1-3-7(4-2-6)10(12)13/h1-5,11H. The second kappa shape index (κ2) is 4.04. The fourth-order valence-electron chi connectivity index (χ4n) is 0.817. The predicted octanol–water partition coefficient (Wildman–Crippen LogP) is 2.85. The molecule has 1 N–H and O–H groups in total.